The Labute approximate surface area is 143 Å². The fourth-order valence-electron chi connectivity index (χ4n) is 2.91. The highest BCUT2D eigenvalue weighted by Crippen LogP contribution is 2.19. The molecule has 132 valence electrons. The second-order valence-electron chi connectivity index (χ2n) is 6.32. The van der Waals surface area contributed by atoms with Gasteiger partial charge in [0.2, 0.25) is 5.91 Å². The number of nitrogens with zero attached hydrogens (tertiary/aromatic N) is 2. The Morgan fingerprint density at radius 1 is 1.21 bits per heavy atom. The van der Waals surface area contributed by atoms with Gasteiger partial charge in [0.05, 0.1) is 7.11 Å². The molecule has 0 spiro atoms. The van der Waals surface area contributed by atoms with Gasteiger partial charge in [-0.05, 0) is 37.0 Å². The molecule has 1 fully saturated rings. The van der Waals surface area contributed by atoms with E-state index in [1.165, 1.54) is 0 Å². The lowest BCUT2D eigenvalue weighted by Crippen LogP contribution is -2.47. The highest BCUT2D eigenvalue weighted by Gasteiger charge is 2.27. The molecule has 24 heavy (non-hydrogen) atoms. The summed E-state index contributed by atoms with van der Waals surface area (Å²) in [5.74, 6) is 1.04. The molecule has 0 radical (unpaired) electrons. The summed E-state index contributed by atoms with van der Waals surface area (Å²) in [6.07, 6.45) is 2.26. The van der Waals surface area contributed by atoms with Crippen LogP contribution in [-0.2, 0) is 11.2 Å². The zero-order valence-corrected chi connectivity index (χ0v) is 14.7. The number of nitrogens with one attached hydrogen (secondary N) is 1. The molecule has 1 N–H and O–H groups in total. The first-order valence-corrected chi connectivity index (χ1v) is 8.38. The predicted molar refractivity (Wildman–Crippen MR) is 93.1 cm³/mol. The molecule has 2 rings (SSSR count). The average molecular weight is 333 g/mol. The van der Waals surface area contributed by atoms with Crippen molar-refractivity contribution in [1.82, 2.24) is 15.1 Å². The number of hydrogen-bond donors (Lipinski definition) is 1. The summed E-state index contributed by atoms with van der Waals surface area (Å²) in [7, 11) is 5.20. The second-order valence-corrected chi connectivity index (χ2v) is 6.32. The molecule has 0 unspecified atom stereocenters. The van der Waals surface area contributed by atoms with Crippen molar-refractivity contribution in [3.05, 3.63) is 29.8 Å². The van der Waals surface area contributed by atoms with E-state index < -0.39 is 0 Å². The largest absolute Gasteiger partial charge is 0.497 e. The summed E-state index contributed by atoms with van der Waals surface area (Å²) in [6.45, 7) is 1.87. The normalized spacial score (nSPS) is 15.0. The number of hydrogen-bond acceptors (Lipinski definition) is 3. The summed E-state index contributed by atoms with van der Waals surface area (Å²) in [4.78, 5) is 27.6. The Kier molecular flexibility index (Phi) is 6.46. The molecule has 0 saturated carbocycles. The Bertz CT molecular complexity index is 549. The van der Waals surface area contributed by atoms with Crippen LogP contribution in [0.2, 0.25) is 0 Å². The molecule has 1 aromatic rings. The molecule has 0 aromatic heterocycles. The quantitative estimate of drug-likeness (QED) is 0.893. The Balaban J connectivity index is 1.70. The molecule has 0 bridgehead atoms. The van der Waals surface area contributed by atoms with Gasteiger partial charge in [0.1, 0.15) is 5.75 Å². The average Bonchev–Trinajstić information content (AvgIpc) is 2.61. The lowest BCUT2D eigenvalue weighted by molar-refractivity contribution is -0.134. The third-order valence-corrected chi connectivity index (χ3v) is 4.42. The maximum absolute atomic E-state index is 12.2. The third-order valence-electron chi connectivity index (χ3n) is 4.42. The molecule has 1 aliphatic heterocycles. The number of methoxy groups -OCH3 is 1. The molecule has 0 atom stereocenters. The van der Waals surface area contributed by atoms with E-state index in [0.717, 1.165) is 30.6 Å². The van der Waals surface area contributed by atoms with Crippen LogP contribution in [0.4, 0.5) is 4.79 Å². The van der Waals surface area contributed by atoms with Gasteiger partial charge in [-0.2, -0.15) is 0 Å². The zero-order chi connectivity index (χ0) is 17.5. The number of carbonyl (C=O) groups is 2. The number of piperidine rings is 1. The van der Waals surface area contributed by atoms with E-state index in [1.807, 2.05) is 24.3 Å². The summed E-state index contributed by atoms with van der Waals surface area (Å²) < 4.78 is 5.13. The molecule has 3 amide bonds. The number of urea groups is 1. The molecular weight excluding hydrogens is 306 g/mol. The predicted octanol–water partition coefficient (Wildman–Crippen LogP) is 1.75. The molecule has 6 heteroatoms. The Morgan fingerprint density at radius 3 is 2.38 bits per heavy atom. The van der Waals surface area contributed by atoms with Crippen LogP contribution < -0.4 is 10.1 Å². The van der Waals surface area contributed by atoms with Gasteiger partial charge >= 0.3 is 6.03 Å². The first-order chi connectivity index (χ1) is 11.5. The van der Waals surface area contributed by atoms with Crippen molar-refractivity contribution in [2.45, 2.75) is 19.3 Å². The van der Waals surface area contributed by atoms with Crippen LogP contribution in [0.25, 0.3) is 0 Å². The van der Waals surface area contributed by atoms with Crippen LogP contribution >= 0.6 is 0 Å². The van der Waals surface area contributed by atoms with Crippen LogP contribution in [0.5, 0.6) is 5.75 Å². The molecule has 1 aromatic carbocycles. The minimum Gasteiger partial charge on any atom is -0.497 e. The summed E-state index contributed by atoms with van der Waals surface area (Å²) in [6, 6.07) is 7.80. The molecule has 1 heterocycles. The number of likely N-dealkylation sites (tertiary alicyclic amines) is 1. The van der Waals surface area contributed by atoms with Gasteiger partial charge in [-0.1, -0.05) is 12.1 Å². The highest BCUT2D eigenvalue weighted by atomic mass is 16.5. The van der Waals surface area contributed by atoms with Crippen LogP contribution in [0.1, 0.15) is 18.4 Å². The van der Waals surface area contributed by atoms with Crippen molar-refractivity contribution in [3.8, 4) is 5.75 Å². The van der Waals surface area contributed by atoms with Crippen molar-refractivity contribution in [1.29, 1.82) is 0 Å². The monoisotopic (exact) mass is 333 g/mol. The van der Waals surface area contributed by atoms with E-state index in [2.05, 4.69) is 5.32 Å². The second kappa shape index (κ2) is 8.57. The van der Waals surface area contributed by atoms with E-state index >= 15 is 0 Å². The SMILES string of the molecule is COc1ccc(CCNC(=O)N2CCC(C(=O)N(C)C)CC2)cc1. The number of rotatable bonds is 5. The van der Waals surface area contributed by atoms with Gasteiger partial charge in [-0.15, -0.1) is 0 Å². The topological polar surface area (TPSA) is 61.9 Å². The molecular formula is C18H27N3O3. The van der Waals surface area contributed by atoms with Crippen LogP contribution in [0.3, 0.4) is 0 Å². The first-order valence-electron chi connectivity index (χ1n) is 8.38. The lowest BCUT2D eigenvalue weighted by atomic mass is 9.96. The van der Waals surface area contributed by atoms with Gasteiger partial charge in [0.25, 0.3) is 0 Å². The molecule has 6 nitrogen and oxygen atoms in total. The van der Waals surface area contributed by atoms with E-state index in [4.69, 9.17) is 4.74 Å². The number of amides is 3. The van der Waals surface area contributed by atoms with E-state index in [0.29, 0.717) is 19.6 Å². The summed E-state index contributed by atoms with van der Waals surface area (Å²) >= 11 is 0. The maximum Gasteiger partial charge on any atom is 0.317 e. The van der Waals surface area contributed by atoms with Gasteiger partial charge in [0, 0.05) is 39.6 Å². The van der Waals surface area contributed by atoms with Gasteiger partial charge in [-0.3, -0.25) is 4.79 Å². The minimum atomic E-state index is -0.0423. The van der Waals surface area contributed by atoms with Crippen LogP contribution in [0, 0.1) is 5.92 Å². The molecule has 1 aliphatic rings. The summed E-state index contributed by atoms with van der Waals surface area (Å²) in [5.41, 5.74) is 1.16. The van der Waals surface area contributed by atoms with Gasteiger partial charge in [-0.25, -0.2) is 4.79 Å². The molecule has 1 saturated heterocycles. The van der Waals surface area contributed by atoms with E-state index in [1.54, 1.807) is 31.0 Å². The zero-order valence-electron chi connectivity index (χ0n) is 14.7. The van der Waals surface area contributed by atoms with Crippen molar-refractivity contribution in [3.63, 3.8) is 0 Å². The van der Waals surface area contributed by atoms with Gasteiger partial charge < -0.3 is 19.9 Å². The van der Waals surface area contributed by atoms with Crippen molar-refractivity contribution >= 4 is 11.9 Å². The van der Waals surface area contributed by atoms with Crippen LogP contribution in [0.15, 0.2) is 24.3 Å². The smallest absolute Gasteiger partial charge is 0.317 e. The van der Waals surface area contributed by atoms with Gasteiger partial charge in [0.15, 0.2) is 0 Å². The third kappa shape index (κ3) is 4.88. The van der Waals surface area contributed by atoms with E-state index in [9.17, 15) is 9.59 Å². The Morgan fingerprint density at radius 2 is 1.83 bits per heavy atom. The number of carbonyl (C=O) groups excluding carboxylic acids is 2. The molecule has 0 aliphatic carbocycles. The fourth-order valence-corrected chi connectivity index (χ4v) is 2.91. The Hall–Kier alpha value is -2.24. The van der Waals surface area contributed by atoms with Crippen molar-refractivity contribution < 1.29 is 14.3 Å². The number of ether oxygens (including phenoxy) is 1. The van der Waals surface area contributed by atoms with Crippen molar-refractivity contribution in [2.24, 2.45) is 5.92 Å². The number of benzene rings is 1. The lowest BCUT2D eigenvalue weighted by Gasteiger charge is -2.32. The van der Waals surface area contributed by atoms with E-state index in [-0.39, 0.29) is 17.9 Å². The fraction of sp³-hybridized carbons (Fsp3) is 0.556. The first kappa shape index (κ1) is 18.1. The standard InChI is InChI=1S/C18H27N3O3/c1-20(2)17(22)15-9-12-21(13-10-15)18(23)19-11-8-14-4-6-16(24-3)7-5-14/h4-7,15H,8-13H2,1-3H3,(H,19,23). The minimum absolute atomic E-state index is 0.0423. The highest BCUT2D eigenvalue weighted by molar-refractivity contribution is 5.79. The van der Waals surface area contributed by atoms with Crippen LogP contribution in [-0.4, -0.2) is 62.6 Å². The summed E-state index contributed by atoms with van der Waals surface area (Å²) in [5, 5.41) is 2.96. The van der Waals surface area contributed by atoms with Crippen molar-refractivity contribution in [2.75, 3.05) is 40.8 Å². The maximum atomic E-state index is 12.2.